The summed E-state index contributed by atoms with van der Waals surface area (Å²) in [5, 5.41) is 20.3. The van der Waals surface area contributed by atoms with Gasteiger partial charge < -0.3 is 14.7 Å². The Hall–Kier alpha value is -1.82. The topological polar surface area (TPSA) is 75.8 Å². The predicted octanol–water partition coefficient (Wildman–Crippen LogP) is 2.20. The summed E-state index contributed by atoms with van der Waals surface area (Å²) >= 11 is 0. The number of rotatable bonds is 7. The molecule has 0 heterocycles. The molecule has 0 saturated carbocycles. The van der Waals surface area contributed by atoms with E-state index in [1.54, 1.807) is 23.1 Å². The van der Waals surface area contributed by atoms with Crippen LogP contribution in [0.25, 0.3) is 0 Å². The molecule has 0 aliphatic heterocycles. The number of nitrogens with zero attached hydrogens (tertiary/aromatic N) is 2. The van der Waals surface area contributed by atoms with Crippen molar-refractivity contribution in [3.05, 3.63) is 28.3 Å². The molecule has 0 aliphatic rings. The second-order valence-electron chi connectivity index (χ2n) is 4.35. The fraction of sp³-hybridized carbons (Fsp3) is 0.538. The van der Waals surface area contributed by atoms with Crippen LogP contribution in [0.1, 0.15) is 20.8 Å². The zero-order chi connectivity index (χ0) is 14.4. The largest absolute Gasteiger partial charge is 0.484 e. The molecule has 0 saturated heterocycles. The van der Waals surface area contributed by atoms with E-state index in [4.69, 9.17) is 9.84 Å². The highest BCUT2D eigenvalue weighted by Crippen LogP contribution is 2.37. The molecule has 1 rings (SSSR count). The van der Waals surface area contributed by atoms with Crippen molar-refractivity contribution in [1.29, 1.82) is 0 Å². The number of benzene rings is 1. The van der Waals surface area contributed by atoms with Crippen LogP contribution in [0.5, 0.6) is 5.75 Å². The fourth-order valence-corrected chi connectivity index (χ4v) is 1.87. The van der Waals surface area contributed by atoms with Crippen molar-refractivity contribution < 1.29 is 14.8 Å². The van der Waals surface area contributed by atoms with E-state index in [0.29, 0.717) is 18.8 Å². The van der Waals surface area contributed by atoms with Crippen molar-refractivity contribution in [3.8, 4) is 5.75 Å². The van der Waals surface area contributed by atoms with Gasteiger partial charge in [0.05, 0.1) is 17.6 Å². The van der Waals surface area contributed by atoms with Gasteiger partial charge in [0.2, 0.25) is 0 Å². The predicted molar refractivity (Wildman–Crippen MR) is 73.8 cm³/mol. The van der Waals surface area contributed by atoms with Crippen molar-refractivity contribution in [1.82, 2.24) is 0 Å². The smallest absolute Gasteiger partial charge is 0.333 e. The van der Waals surface area contributed by atoms with Crippen molar-refractivity contribution in [2.24, 2.45) is 0 Å². The van der Waals surface area contributed by atoms with E-state index < -0.39 is 4.92 Å². The average molecular weight is 268 g/mol. The Bertz CT molecular complexity index is 435. The quantitative estimate of drug-likeness (QED) is 0.606. The fourth-order valence-electron chi connectivity index (χ4n) is 1.87. The Morgan fingerprint density at radius 1 is 1.47 bits per heavy atom. The molecule has 0 aromatic heterocycles. The van der Waals surface area contributed by atoms with Crippen LogP contribution in [-0.2, 0) is 0 Å². The molecule has 0 bridgehead atoms. The van der Waals surface area contributed by atoms with Gasteiger partial charge in [-0.05, 0) is 32.9 Å². The molecule has 19 heavy (non-hydrogen) atoms. The third-order valence-corrected chi connectivity index (χ3v) is 2.62. The molecule has 0 atom stereocenters. The van der Waals surface area contributed by atoms with E-state index in [1.165, 1.54) is 0 Å². The number of hydrogen-bond acceptors (Lipinski definition) is 5. The van der Waals surface area contributed by atoms with E-state index in [1.807, 2.05) is 20.8 Å². The monoisotopic (exact) mass is 268 g/mol. The Kier molecular flexibility index (Phi) is 5.57. The van der Waals surface area contributed by atoms with Crippen LogP contribution in [0, 0.1) is 10.1 Å². The standard InChI is InChI=1S/C13H20N2O4/c1-4-14(8-9-16)11-6-5-7-12(19-10(2)3)13(11)15(17)18/h5-7,10,16H,4,8-9H2,1-3H3. The highest BCUT2D eigenvalue weighted by Gasteiger charge is 2.24. The Labute approximate surface area is 112 Å². The summed E-state index contributed by atoms with van der Waals surface area (Å²) in [5.74, 6) is 0.258. The van der Waals surface area contributed by atoms with Crippen LogP contribution >= 0.6 is 0 Å². The van der Waals surface area contributed by atoms with Crippen molar-refractivity contribution in [3.63, 3.8) is 0 Å². The summed E-state index contributed by atoms with van der Waals surface area (Å²) in [4.78, 5) is 12.6. The van der Waals surface area contributed by atoms with Gasteiger partial charge in [0.25, 0.3) is 0 Å². The number of anilines is 1. The number of aliphatic hydroxyl groups is 1. The zero-order valence-electron chi connectivity index (χ0n) is 11.5. The van der Waals surface area contributed by atoms with Crippen LogP contribution in [0.15, 0.2) is 18.2 Å². The molecule has 0 radical (unpaired) electrons. The molecule has 0 unspecified atom stereocenters. The molecule has 0 fully saturated rings. The highest BCUT2D eigenvalue weighted by molar-refractivity contribution is 5.69. The SMILES string of the molecule is CCN(CCO)c1cccc(OC(C)C)c1[N+](=O)[O-]. The molecular formula is C13H20N2O4. The van der Waals surface area contributed by atoms with E-state index in [-0.39, 0.29) is 24.1 Å². The van der Waals surface area contributed by atoms with Gasteiger partial charge in [-0.2, -0.15) is 0 Å². The molecular weight excluding hydrogens is 248 g/mol. The van der Waals surface area contributed by atoms with Gasteiger partial charge in [0.15, 0.2) is 5.75 Å². The van der Waals surface area contributed by atoms with Gasteiger partial charge in [-0.1, -0.05) is 6.07 Å². The minimum absolute atomic E-state index is 0.0495. The van der Waals surface area contributed by atoms with Gasteiger partial charge in [-0.3, -0.25) is 10.1 Å². The molecule has 106 valence electrons. The first-order chi connectivity index (χ1) is 9.01. The van der Waals surface area contributed by atoms with Crippen LogP contribution in [0.2, 0.25) is 0 Å². The van der Waals surface area contributed by atoms with Crippen molar-refractivity contribution in [2.75, 3.05) is 24.6 Å². The third-order valence-electron chi connectivity index (χ3n) is 2.62. The first kappa shape index (κ1) is 15.2. The lowest BCUT2D eigenvalue weighted by atomic mass is 10.2. The van der Waals surface area contributed by atoms with Crippen molar-refractivity contribution >= 4 is 11.4 Å². The maximum absolute atomic E-state index is 11.3. The summed E-state index contributed by atoms with van der Waals surface area (Å²) < 4.78 is 5.49. The first-order valence-corrected chi connectivity index (χ1v) is 6.31. The summed E-state index contributed by atoms with van der Waals surface area (Å²) in [6.07, 6.45) is -0.137. The minimum atomic E-state index is -0.437. The van der Waals surface area contributed by atoms with E-state index >= 15 is 0 Å². The van der Waals surface area contributed by atoms with E-state index in [2.05, 4.69) is 0 Å². The number of nitro benzene ring substituents is 1. The summed E-state index contributed by atoms with van der Waals surface area (Å²) in [7, 11) is 0. The van der Waals surface area contributed by atoms with Gasteiger partial charge in [0, 0.05) is 13.1 Å². The number of hydrogen-bond donors (Lipinski definition) is 1. The number of aliphatic hydroxyl groups excluding tert-OH is 1. The van der Waals surface area contributed by atoms with Crippen molar-refractivity contribution in [2.45, 2.75) is 26.9 Å². The molecule has 1 aromatic rings. The molecule has 1 N–H and O–H groups in total. The molecule has 0 aliphatic carbocycles. The van der Waals surface area contributed by atoms with Gasteiger partial charge in [0.1, 0.15) is 5.69 Å². The second-order valence-corrected chi connectivity index (χ2v) is 4.35. The normalized spacial score (nSPS) is 10.6. The summed E-state index contributed by atoms with van der Waals surface area (Å²) in [6.45, 7) is 6.40. The zero-order valence-corrected chi connectivity index (χ0v) is 11.5. The first-order valence-electron chi connectivity index (χ1n) is 6.31. The van der Waals surface area contributed by atoms with Gasteiger partial charge in [-0.25, -0.2) is 0 Å². The maximum atomic E-state index is 11.3. The van der Waals surface area contributed by atoms with Crippen LogP contribution in [0.3, 0.4) is 0 Å². The molecule has 6 nitrogen and oxygen atoms in total. The minimum Gasteiger partial charge on any atom is -0.484 e. The Morgan fingerprint density at radius 3 is 2.63 bits per heavy atom. The second kappa shape index (κ2) is 6.94. The van der Waals surface area contributed by atoms with E-state index in [0.717, 1.165) is 0 Å². The van der Waals surface area contributed by atoms with Gasteiger partial charge in [-0.15, -0.1) is 0 Å². The Balaban J connectivity index is 3.26. The van der Waals surface area contributed by atoms with Gasteiger partial charge >= 0.3 is 5.69 Å². The number of nitro groups is 1. The maximum Gasteiger partial charge on any atom is 0.333 e. The highest BCUT2D eigenvalue weighted by atomic mass is 16.6. The number of para-hydroxylation sites is 1. The van der Waals surface area contributed by atoms with Crippen LogP contribution in [0.4, 0.5) is 11.4 Å². The third kappa shape index (κ3) is 3.82. The Morgan fingerprint density at radius 2 is 2.16 bits per heavy atom. The summed E-state index contributed by atoms with van der Waals surface area (Å²) in [5.41, 5.74) is 0.422. The molecule has 0 spiro atoms. The average Bonchev–Trinajstić information content (AvgIpc) is 2.34. The number of ether oxygens (including phenoxy) is 1. The molecule has 0 amide bonds. The summed E-state index contributed by atoms with van der Waals surface area (Å²) in [6, 6.07) is 4.99. The lowest BCUT2D eigenvalue weighted by Gasteiger charge is -2.22. The molecule has 6 heteroatoms. The van der Waals surface area contributed by atoms with E-state index in [9.17, 15) is 10.1 Å². The lowest BCUT2D eigenvalue weighted by molar-refractivity contribution is -0.385. The van der Waals surface area contributed by atoms with Crippen LogP contribution in [-0.4, -0.2) is 35.8 Å². The lowest BCUT2D eigenvalue weighted by Crippen LogP contribution is -2.27. The molecule has 1 aromatic carbocycles. The number of likely N-dealkylation sites (N-methyl/N-ethyl adjacent to an activating group) is 1. The van der Waals surface area contributed by atoms with Crippen LogP contribution < -0.4 is 9.64 Å².